The van der Waals surface area contributed by atoms with Crippen molar-refractivity contribution in [3.05, 3.63) is 46.5 Å². The predicted octanol–water partition coefficient (Wildman–Crippen LogP) is 3.98. The number of halogens is 1. The molecule has 0 amide bonds. The molecule has 0 aromatic heterocycles. The Kier molecular flexibility index (Phi) is 5.06. The van der Waals surface area contributed by atoms with E-state index in [2.05, 4.69) is 52.9 Å². The van der Waals surface area contributed by atoms with Crippen LogP contribution in [0.1, 0.15) is 30.0 Å². The largest absolute Gasteiger partial charge is 0.313 e. The highest BCUT2D eigenvalue weighted by Gasteiger charge is 2.11. The van der Waals surface area contributed by atoms with Gasteiger partial charge in [-0.3, -0.25) is 0 Å². The van der Waals surface area contributed by atoms with Gasteiger partial charge in [0.2, 0.25) is 0 Å². The summed E-state index contributed by atoms with van der Waals surface area (Å²) in [6.45, 7) is 5.88. The van der Waals surface area contributed by atoms with Crippen molar-refractivity contribution in [2.75, 3.05) is 7.05 Å². The van der Waals surface area contributed by atoms with Gasteiger partial charge < -0.3 is 5.32 Å². The third kappa shape index (κ3) is 3.47. The maximum atomic E-state index is 3.76. The average molecular weight is 268 g/mol. The molecule has 0 saturated carbocycles. The summed E-state index contributed by atoms with van der Waals surface area (Å²) < 4.78 is 1.18. The van der Waals surface area contributed by atoms with E-state index in [0.29, 0.717) is 6.04 Å². The minimum absolute atomic E-state index is 0.400. The van der Waals surface area contributed by atoms with Crippen LogP contribution < -0.4 is 5.32 Å². The van der Waals surface area contributed by atoms with E-state index in [1.54, 1.807) is 0 Å². The van der Waals surface area contributed by atoms with Gasteiger partial charge in [0.1, 0.15) is 0 Å². The highest BCUT2D eigenvalue weighted by molar-refractivity contribution is 9.10. The standard InChI is InChI=1S/C13H18BrN/c1-4-5-6-13(15-3)11-9-10(2)7-8-12(11)14/h4,7-9,13,15H,1,5-6H2,2-3H3. The van der Waals surface area contributed by atoms with E-state index in [1.807, 2.05) is 13.1 Å². The van der Waals surface area contributed by atoms with Gasteiger partial charge in [0.25, 0.3) is 0 Å². The summed E-state index contributed by atoms with van der Waals surface area (Å²) in [5.41, 5.74) is 2.63. The first-order chi connectivity index (χ1) is 7.19. The monoisotopic (exact) mass is 267 g/mol. The molecule has 1 atom stereocenters. The summed E-state index contributed by atoms with van der Waals surface area (Å²) in [7, 11) is 2.00. The van der Waals surface area contributed by atoms with Crippen molar-refractivity contribution in [3.8, 4) is 0 Å². The number of benzene rings is 1. The second-order valence-electron chi connectivity index (χ2n) is 3.73. The first-order valence-corrected chi connectivity index (χ1v) is 6.02. The van der Waals surface area contributed by atoms with Crippen molar-refractivity contribution in [1.29, 1.82) is 0 Å². The molecule has 2 heteroatoms. The van der Waals surface area contributed by atoms with E-state index in [-0.39, 0.29) is 0 Å². The van der Waals surface area contributed by atoms with Crippen LogP contribution in [0.5, 0.6) is 0 Å². The Bertz CT molecular complexity index is 333. The van der Waals surface area contributed by atoms with Gasteiger partial charge in [-0.2, -0.15) is 0 Å². The van der Waals surface area contributed by atoms with Crippen LogP contribution in [0.2, 0.25) is 0 Å². The highest BCUT2D eigenvalue weighted by atomic mass is 79.9. The highest BCUT2D eigenvalue weighted by Crippen LogP contribution is 2.27. The van der Waals surface area contributed by atoms with Crippen molar-refractivity contribution in [2.45, 2.75) is 25.8 Å². The molecule has 0 aliphatic rings. The Hall–Kier alpha value is -0.600. The van der Waals surface area contributed by atoms with Gasteiger partial charge in [-0.1, -0.05) is 39.7 Å². The minimum Gasteiger partial charge on any atom is -0.313 e. The molecule has 1 rings (SSSR count). The third-order valence-electron chi connectivity index (χ3n) is 2.53. The van der Waals surface area contributed by atoms with E-state index in [4.69, 9.17) is 0 Å². The molecule has 0 spiro atoms. The summed E-state index contributed by atoms with van der Waals surface area (Å²) in [5, 5.41) is 3.34. The predicted molar refractivity (Wildman–Crippen MR) is 70.1 cm³/mol. The number of hydrogen-bond acceptors (Lipinski definition) is 1. The van der Waals surface area contributed by atoms with Gasteiger partial charge >= 0.3 is 0 Å². The van der Waals surface area contributed by atoms with Crippen LogP contribution in [0.4, 0.5) is 0 Å². The van der Waals surface area contributed by atoms with Gasteiger partial charge in [-0.05, 0) is 38.4 Å². The Morgan fingerprint density at radius 3 is 2.87 bits per heavy atom. The van der Waals surface area contributed by atoms with Crippen LogP contribution in [0, 0.1) is 6.92 Å². The second kappa shape index (κ2) is 6.09. The molecule has 0 bridgehead atoms. The molecule has 0 saturated heterocycles. The zero-order valence-corrected chi connectivity index (χ0v) is 11.0. The number of nitrogens with one attached hydrogen (secondary N) is 1. The fourth-order valence-corrected chi connectivity index (χ4v) is 2.19. The quantitative estimate of drug-likeness (QED) is 0.796. The number of allylic oxidation sites excluding steroid dienone is 1. The van der Waals surface area contributed by atoms with E-state index >= 15 is 0 Å². The lowest BCUT2D eigenvalue weighted by molar-refractivity contribution is 0.552. The SMILES string of the molecule is C=CCCC(NC)c1cc(C)ccc1Br. The molecule has 0 aliphatic carbocycles. The zero-order valence-electron chi connectivity index (χ0n) is 9.39. The maximum absolute atomic E-state index is 3.76. The lowest BCUT2D eigenvalue weighted by Gasteiger charge is -2.18. The number of rotatable bonds is 5. The summed E-state index contributed by atoms with van der Waals surface area (Å²) in [6.07, 6.45) is 4.09. The molecule has 0 heterocycles. The molecular formula is C13H18BrN. The molecule has 82 valence electrons. The van der Waals surface area contributed by atoms with Crippen LogP contribution in [-0.4, -0.2) is 7.05 Å². The van der Waals surface area contributed by atoms with E-state index in [1.165, 1.54) is 15.6 Å². The molecule has 1 aromatic rings. The van der Waals surface area contributed by atoms with Gasteiger partial charge in [0.05, 0.1) is 0 Å². The van der Waals surface area contributed by atoms with Crippen LogP contribution in [-0.2, 0) is 0 Å². The first kappa shape index (κ1) is 12.5. The van der Waals surface area contributed by atoms with Crippen molar-refractivity contribution in [2.24, 2.45) is 0 Å². The summed E-state index contributed by atoms with van der Waals surface area (Å²) in [4.78, 5) is 0. The third-order valence-corrected chi connectivity index (χ3v) is 3.26. The van der Waals surface area contributed by atoms with Gasteiger partial charge in [0.15, 0.2) is 0 Å². The van der Waals surface area contributed by atoms with E-state index in [0.717, 1.165) is 12.8 Å². The molecule has 1 aromatic carbocycles. The lowest BCUT2D eigenvalue weighted by atomic mass is 10.0. The number of aryl methyl sites for hydroxylation is 1. The average Bonchev–Trinajstić information content (AvgIpc) is 2.24. The fraction of sp³-hybridized carbons (Fsp3) is 0.385. The molecule has 1 nitrogen and oxygen atoms in total. The van der Waals surface area contributed by atoms with Crippen molar-refractivity contribution < 1.29 is 0 Å². The summed E-state index contributed by atoms with van der Waals surface area (Å²) >= 11 is 3.60. The molecule has 0 fully saturated rings. The Morgan fingerprint density at radius 1 is 1.53 bits per heavy atom. The molecule has 0 radical (unpaired) electrons. The molecule has 15 heavy (non-hydrogen) atoms. The normalized spacial score (nSPS) is 12.5. The van der Waals surface area contributed by atoms with Crippen LogP contribution in [0.25, 0.3) is 0 Å². The van der Waals surface area contributed by atoms with E-state index in [9.17, 15) is 0 Å². The van der Waals surface area contributed by atoms with E-state index < -0.39 is 0 Å². The number of hydrogen-bond donors (Lipinski definition) is 1. The smallest absolute Gasteiger partial charge is 0.0331 e. The van der Waals surface area contributed by atoms with Crippen molar-refractivity contribution in [1.82, 2.24) is 5.32 Å². The van der Waals surface area contributed by atoms with Gasteiger partial charge in [-0.25, -0.2) is 0 Å². The Labute approximate surface area is 101 Å². The topological polar surface area (TPSA) is 12.0 Å². The van der Waals surface area contributed by atoms with Gasteiger partial charge in [0, 0.05) is 10.5 Å². The van der Waals surface area contributed by atoms with Gasteiger partial charge in [-0.15, -0.1) is 6.58 Å². The minimum atomic E-state index is 0.400. The van der Waals surface area contributed by atoms with Crippen LogP contribution in [0.3, 0.4) is 0 Å². The Morgan fingerprint density at radius 2 is 2.27 bits per heavy atom. The molecule has 0 aliphatic heterocycles. The Balaban J connectivity index is 2.89. The molecule has 1 N–H and O–H groups in total. The second-order valence-corrected chi connectivity index (χ2v) is 4.59. The van der Waals surface area contributed by atoms with Crippen LogP contribution in [0.15, 0.2) is 35.3 Å². The zero-order chi connectivity index (χ0) is 11.3. The maximum Gasteiger partial charge on any atom is 0.0331 e. The summed E-state index contributed by atoms with van der Waals surface area (Å²) in [6, 6.07) is 6.86. The lowest BCUT2D eigenvalue weighted by Crippen LogP contribution is -2.16. The van der Waals surface area contributed by atoms with Crippen molar-refractivity contribution in [3.63, 3.8) is 0 Å². The summed E-state index contributed by atoms with van der Waals surface area (Å²) in [5.74, 6) is 0. The molecular weight excluding hydrogens is 250 g/mol. The van der Waals surface area contributed by atoms with Crippen molar-refractivity contribution >= 4 is 15.9 Å². The van der Waals surface area contributed by atoms with Crippen LogP contribution >= 0.6 is 15.9 Å². The molecule has 1 unspecified atom stereocenters. The fourth-order valence-electron chi connectivity index (χ4n) is 1.67. The first-order valence-electron chi connectivity index (χ1n) is 5.23.